The molecule has 0 saturated heterocycles. The number of anilines is 1. The van der Waals surface area contributed by atoms with Gasteiger partial charge in [0.15, 0.2) is 5.65 Å². The Kier molecular flexibility index (Phi) is 4.89. The molecule has 0 spiro atoms. The van der Waals surface area contributed by atoms with Gasteiger partial charge in [-0.2, -0.15) is 4.98 Å². The number of hydrogen-bond acceptors (Lipinski definition) is 4. The SMILES string of the molecule is CC(C)C(=O)CCC#Cc1cn(C(C)C)c2nc(N)[nH]c(=O)c12. The second-order valence-electron chi connectivity index (χ2n) is 6.12. The van der Waals surface area contributed by atoms with E-state index in [2.05, 4.69) is 21.8 Å². The van der Waals surface area contributed by atoms with Gasteiger partial charge < -0.3 is 10.3 Å². The first-order valence-electron chi connectivity index (χ1n) is 7.73. The average molecular weight is 314 g/mol. The molecular formula is C17H22N4O2. The fourth-order valence-electron chi connectivity index (χ4n) is 2.29. The first kappa shape index (κ1) is 16.8. The van der Waals surface area contributed by atoms with Gasteiger partial charge in [-0.05, 0) is 13.8 Å². The number of aromatic amines is 1. The third-order valence-electron chi connectivity index (χ3n) is 3.62. The van der Waals surface area contributed by atoms with Crippen molar-refractivity contribution in [1.29, 1.82) is 0 Å². The number of ketones is 1. The van der Waals surface area contributed by atoms with Crippen molar-refractivity contribution in [2.75, 3.05) is 5.73 Å². The zero-order valence-electron chi connectivity index (χ0n) is 13.9. The molecule has 2 heterocycles. The largest absolute Gasteiger partial charge is 0.369 e. The number of nitrogens with zero attached hydrogens (tertiary/aromatic N) is 2. The van der Waals surface area contributed by atoms with E-state index in [4.69, 9.17) is 5.73 Å². The quantitative estimate of drug-likeness (QED) is 0.846. The summed E-state index contributed by atoms with van der Waals surface area (Å²) in [6.45, 7) is 7.75. The number of aromatic nitrogens is 3. The van der Waals surface area contributed by atoms with Crippen LogP contribution in [0.4, 0.5) is 5.95 Å². The summed E-state index contributed by atoms with van der Waals surface area (Å²) in [6, 6.07) is 0.129. The molecule has 2 rings (SSSR count). The van der Waals surface area contributed by atoms with Crippen molar-refractivity contribution < 1.29 is 4.79 Å². The molecule has 0 radical (unpaired) electrons. The van der Waals surface area contributed by atoms with Crippen molar-refractivity contribution in [2.24, 2.45) is 5.92 Å². The van der Waals surface area contributed by atoms with Crippen molar-refractivity contribution >= 4 is 22.8 Å². The second kappa shape index (κ2) is 6.69. The van der Waals surface area contributed by atoms with Crippen molar-refractivity contribution in [3.63, 3.8) is 0 Å². The molecule has 0 atom stereocenters. The number of fused-ring (bicyclic) bond motifs is 1. The molecule has 0 aliphatic carbocycles. The Labute approximate surface area is 135 Å². The molecular weight excluding hydrogens is 292 g/mol. The zero-order chi connectivity index (χ0) is 17.1. The molecule has 23 heavy (non-hydrogen) atoms. The van der Waals surface area contributed by atoms with Crippen LogP contribution in [0.3, 0.4) is 0 Å². The molecule has 0 saturated carbocycles. The van der Waals surface area contributed by atoms with Crippen LogP contribution in [0.2, 0.25) is 0 Å². The standard InChI is InChI=1S/C17H22N4O2/c1-10(2)13(22)8-6-5-7-12-9-21(11(3)4)15-14(12)16(23)20-17(18)19-15/h9-11H,6,8H2,1-4H3,(H3,18,19,20,23). The van der Waals surface area contributed by atoms with Gasteiger partial charge in [0.2, 0.25) is 5.95 Å². The van der Waals surface area contributed by atoms with Crippen LogP contribution < -0.4 is 11.3 Å². The van der Waals surface area contributed by atoms with E-state index >= 15 is 0 Å². The van der Waals surface area contributed by atoms with Crippen LogP contribution in [-0.4, -0.2) is 20.3 Å². The van der Waals surface area contributed by atoms with Crippen LogP contribution in [0.5, 0.6) is 0 Å². The fourth-order valence-corrected chi connectivity index (χ4v) is 2.29. The summed E-state index contributed by atoms with van der Waals surface area (Å²) in [6.07, 6.45) is 2.72. The highest BCUT2D eigenvalue weighted by atomic mass is 16.1. The topological polar surface area (TPSA) is 93.8 Å². The first-order chi connectivity index (χ1) is 10.8. The molecule has 0 amide bonds. The smallest absolute Gasteiger partial charge is 0.263 e. The van der Waals surface area contributed by atoms with Crippen molar-refractivity contribution in [2.45, 2.75) is 46.6 Å². The highest BCUT2D eigenvalue weighted by molar-refractivity contribution is 5.84. The maximum absolute atomic E-state index is 12.2. The highest BCUT2D eigenvalue weighted by Gasteiger charge is 2.14. The Morgan fingerprint density at radius 3 is 2.70 bits per heavy atom. The molecule has 0 aliphatic heterocycles. The monoisotopic (exact) mass is 314 g/mol. The summed E-state index contributed by atoms with van der Waals surface area (Å²) in [5.74, 6) is 6.27. The van der Waals surface area contributed by atoms with Gasteiger partial charge in [0.25, 0.3) is 5.56 Å². The van der Waals surface area contributed by atoms with Gasteiger partial charge in [0, 0.05) is 31.0 Å². The van der Waals surface area contributed by atoms with Crippen LogP contribution in [0.25, 0.3) is 11.0 Å². The maximum Gasteiger partial charge on any atom is 0.263 e. The lowest BCUT2D eigenvalue weighted by Crippen LogP contribution is -2.12. The number of H-pyrrole nitrogens is 1. The molecule has 6 heteroatoms. The molecule has 6 nitrogen and oxygen atoms in total. The van der Waals surface area contributed by atoms with E-state index in [-0.39, 0.29) is 29.3 Å². The molecule has 0 aromatic carbocycles. The minimum Gasteiger partial charge on any atom is -0.369 e. The molecule has 3 N–H and O–H groups in total. The van der Waals surface area contributed by atoms with E-state index < -0.39 is 0 Å². The van der Waals surface area contributed by atoms with Crippen molar-refractivity contribution in [3.8, 4) is 11.8 Å². The summed E-state index contributed by atoms with van der Waals surface area (Å²) < 4.78 is 1.88. The van der Waals surface area contributed by atoms with Crippen molar-refractivity contribution in [3.05, 3.63) is 22.1 Å². The molecule has 122 valence electrons. The van der Waals surface area contributed by atoms with Crippen molar-refractivity contribution in [1.82, 2.24) is 14.5 Å². The van der Waals surface area contributed by atoms with E-state index in [1.165, 1.54) is 0 Å². The molecule has 0 unspecified atom stereocenters. The zero-order valence-corrected chi connectivity index (χ0v) is 13.9. The fraction of sp³-hybridized carbons (Fsp3) is 0.471. The molecule has 0 fully saturated rings. The lowest BCUT2D eigenvalue weighted by atomic mass is 10.0. The number of nitrogens with one attached hydrogen (secondary N) is 1. The summed E-state index contributed by atoms with van der Waals surface area (Å²) in [7, 11) is 0. The number of rotatable bonds is 4. The summed E-state index contributed by atoms with van der Waals surface area (Å²) in [4.78, 5) is 30.5. The summed E-state index contributed by atoms with van der Waals surface area (Å²) in [5, 5.41) is 0.440. The molecule has 2 aromatic rings. The predicted molar refractivity (Wildman–Crippen MR) is 91.1 cm³/mol. The number of Topliss-reactive ketones (excluding diaryl/α,β-unsaturated/α-hetero) is 1. The van der Waals surface area contributed by atoms with Crippen LogP contribution in [0, 0.1) is 17.8 Å². The van der Waals surface area contributed by atoms with Gasteiger partial charge >= 0.3 is 0 Å². The minimum atomic E-state index is -0.297. The minimum absolute atomic E-state index is 0.0228. The third-order valence-corrected chi connectivity index (χ3v) is 3.62. The van der Waals surface area contributed by atoms with E-state index in [9.17, 15) is 9.59 Å². The van der Waals surface area contributed by atoms with Crippen LogP contribution in [-0.2, 0) is 4.79 Å². The Morgan fingerprint density at radius 2 is 2.09 bits per heavy atom. The van der Waals surface area contributed by atoms with Gasteiger partial charge in [-0.25, -0.2) is 0 Å². The van der Waals surface area contributed by atoms with E-state index in [1.54, 1.807) is 0 Å². The number of carbonyl (C=O) groups is 1. The number of carbonyl (C=O) groups excluding carboxylic acids is 1. The third kappa shape index (κ3) is 3.62. The second-order valence-corrected chi connectivity index (χ2v) is 6.12. The summed E-state index contributed by atoms with van der Waals surface area (Å²) >= 11 is 0. The Hall–Kier alpha value is -2.55. The van der Waals surface area contributed by atoms with E-state index in [1.807, 2.05) is 38.5 Å². The summed E-state index contributed by atoms with van der Waals surface area (Å²) in [5.41, 5.74) is 6.48. The van der Waals surface area contributed by atoms with Gasteiger partial charge in [0.1, 0.15) is 5.78 Å². The Morgan fingerprint density at radius 1 is 1.39 bits per heavy atom. The highest BCUT2D eigenvalue weighted by Crippen LogP contribution is 2.20. The van der Waals surface area contributed by atoms with Gasteiger partial charge in [0.05, 0.1) is 10.9 Å². The Balaban J connectivity index is 2.39. The Bertz CT molecular complexity index is 847. The predicted octanol–water partition coefficient (Wildman–Crippen LogP) is 2.24. The van der Waals surface area contributed by atoms with Gasteiger partial charge in [-0.3, -0.25) is 14.6 Å². The van der Waals surface area contributed by atoms with E-state index in [0.29, 0.717) is 29.4 Å². The lowest BCUT2D eigenvalue weighted by molar-refractivity contribution is -0.121. The molecule has 2 aromatic heterocycles. The van der Waals surface area contributed by atoms with Crippen LogP contribution >= 0.6 is 0 Å². The molecule has 0 aliphatic rings. The van der Waals surface area contributed by atoms with E-state index in [0.717, 1.165) is 0 Å². The average Bonchev–Trinajstić information content (AvgIpc) is 2.82. The number of nitrogen functional groups attached to an aromatic ring is 1. The lowest BCUT2D eigenvalue weighted by Gasteiger charge is -2.07. The van der Waals surface area contributed by atoms with Crippen LogP contribution in [0.1, 0.15) is 52.1 Å². The number of nitrogens with two attached hydrogens (primary N) is 1. The first-order valence-corrected chi connectivity index (χ1v) is 7.73. The normalized spacial score (nSPS) is 11.0. The van der Waals surface area contributed by atoms with Gasteiger partial charge in [-0.15, -0.1) is 0 Å². The number of hydrogen-bond donors (Lipinski definition) is 2. The maximum atomic E-state index is 12.2. The van der Waals surface area contributed by atoms with Crippen LogP contribution in [0.15, 0.2) is 11.0 Å². The van der Waals surface area contributed by atoms with Gasteiger partial charge in [-0.1, -0.05) is 25.7 Å². The molecule has 0 bridgehead atoms.